The first kappa shape index (κ1) is 40.8. The molecule has 6 rings (SSSR count). The van der Waals surface area contributed by atoms with Crippen molar-refractivity contribution in [3.63, 3.8) is 0 Å². The molecule has 6 heteroatoms. The topological polar surface area (TPSA) is 121 Å². The summed E-state index contributed by atoms with van der Waals surface area (Å²) < 4.78 is 0. The molecule has 6 N–H and O–H groups in total. The molecule has 0 aliphatic heterocycles. The van der Waals surface area contributed by atoms with Crippen molar-refractivity contribution in [2.75, 3.05) is 0 Å². The van der Waals surface area contributed by atoms with Gasteiger partial charge in [-0.15, -0.1) is 0 Å². The van der Waals surface area contributed by atoms with E-state index in [9.17, 15) is 30.6 Å². The first-order valence-electron chi connectivity index (χ1n) is 19.7. The maximum absolute atomic E-state index is 11.5. The van der Waals surface area contributed by atoms with Crippen LogP contribution >= 0.6 is 0 Å². The van der Waals surface area contributed by atoms with E-state index in [4.69, 9.17) is 0 Å². The second-order valence-corrected chi connectivity index (χ2v) is 16.5. The number of rotatable bonds is 10. The summed E-state index contributed by atoms with van der Waals surface area (Å²) in [6.07, 6.45) is 2.61. The molecule has 0 spiro atoms. The Bertz CT molecular complexity index is 2380. The van der Waals surface area contributed by atoms with E-state index < -0.39 is 0 Å². The predicted molar refractivity (Wildman–Crippen MR) is 230 cm³/mol. The van der Waals surface area contributed by atoms with Crippen LogP contribution in [0, 0.1) is 69.2 Å². The molecule has 57 heavy (non-hydrogen) atoms. The van der Waals surface area contributed by atoms with Crippen molar-refractivity contribution in [1.82, 2.24) is 0 Å². The lowest BCUT2D eigenvalue weighted by atomic mass is 9.86. The van der Waals surface area contributed by atoms with Crippen LogP contribution in [0.1, 0.15) is 111 Å². The SMILES string of the molecule is Cc1cc(Cc2cc(Cc3c(C)c(Cc4cc(C)c(O)c(Cc5cc(C)c(O)c(Cc6cc(C)c(O)cc6C)c5)c4C)cc(C)c3O)cc(C)c2O)c(C)cc1O. The minimum absolute atomic E-state index is 0.255. The van der Waals surface area contributed by atoms with Crippen molar-refractivity contribution in [3.05, 3.63) is 172 Å². The molecule has 0 heterocycles. The number of phenols is 6. The molecule has 0 atom stereocenters. The summed E-state index contributed by atoms with van der Waals surface area (Å²) in [5.41, 5.74) is 18.1. The molecule has 0 saturated heterocycles. The van der Waals surface area contributed by atoms with Gasteiger partial charge < -0.3 is 30.6 Å². The van der Waals surface area contributed by atoms with Gasteiger partial charge in [-0.05, 0) is 188 Å². The molecule has 0 unspecified atom stereocenters. The number of phenolic OH excluding ortho intramolecular Hbond substituents is 6. The van der Waals surface area contributed by atoms with Crippen molar-refractivity contribution in [2.45, 2.75) is 101 Å². The van der Waals surface area contributed by atoms with E-state index in [1.807, 2.05) is 91.8 Å². The van der Waals surface area contributed by atoms with Crippen LogP contribution in [0.15, 0.2) is 60.7 Å². The van der Waals surface area contributed by atoms with Crippen LogP contribution in [0.25, 0.3) is 0 Å². The van der Waals surface area contributed by atoms with Gasteiger partial charge in [-0.3, -0.25) is 0 Å². The number of aromatic hydroxyl groups is 6. The second-order valence-electron chi connectivity index (χ2n) is 16.5. The monoisotopic (exact) mass is 764 g/mol. The summed E-state index contributed by atoms with van der Waals surface area (Å²) in [5.74, 6) is 1.56. The Hall–Kier alpha value is -5.88. The van der Waals surface area contributed by atoms with Gasteiger partial charge >= 0.3 is 0 Å². The molecular formula is C51H56O6. The molecule has 0 aromatic heterocycles. The number of aryl methyl sites for hydroxylation is 8. The Morgan fingerprint density at radius 2 is 0.596 bits per heavy atom. The van der Waals surface area contributed by atoms with E-state index in [0.29, 0.717) is 32.1 Å². The zero-order valence-electron chi connectivity index (χ0n) is 35.0. The molecule has 0 bridgehead atoms. The lowest BCUT2D eigenvalue weighted by molar-refractivity contribution is 0.462. The second kappa shape index (κ2) is 15.9. The average Bonchev–Trinajstić information content (AvgIpc) is 3.14. The molecule has 0 radical (unpaired) electrons. The van der Waals surface area contributed by atoms with Gasteiger partial charge in [0, 0.05) is 36.8 Å². The summed E-state index contributed by atoms with van der Waals surface area (Å²) in [4.78, 5) is 0. The molecule has 6 nitrogen and oxygen atoms in total. The van der Waals surface area contributed by atoms with Crippen molar-refractivity contribution < 1.29 is 30.6 Å². The zero-order valence-corrected chi connectivity index (χ0v) is 35.0. The van der Waals surface area contributed by atoms with Gasteiger partial charge in [-0.2, -0.15) is 0 Å². The average molecular weight is 765 g/mol. The van der Waals surface area contributed by atoms with Crippen LogP contribution in [-0.2, 0) is 32.1 Å². The molecule has 0 aliphatic carbocycles. The highest BCUT2D eigenvalue weighted by Gasteiger charge is 2.20. The first-order chi connectivity index (χ1) is 26.8. The third-order valence-corrected chi connectivity index (χ3v) is 12.1. The van der Waals surface area contributed by atoms with Gasteiger partial charge in [-0.1, -0.05) is 48.5 Å². The molecule has 0 amide bonds. The maximum Gasteiger partial charge on any atom is 0.122 e. The number of hydrogen-bond donors (Lipinski definition) is 6. The summed E-state index contributed by atoms with van der Waals surface area (Å²) in [6.45, 7) is 19.4. The van der Waals surface area contributed by atoms with Gasteiger partial charge in [0.05, 0.1) is 0 Å². The predicted octanol–water partition coefficient (Wildman–Crippen LogP) is 11.0. The highest BCUT2D eigenvalue weighted by atomic mass is 16.3. The summed E-state index contributed by atoms with van der Waals surface area (Å²) in [5, 5.41) is 65.5. The van der Waals surface area contributed by atoms with Crippen LogP contribution in [-0.4, -0.2) is 30.6 Å². The van der Waals surface area contributed by atoms with Crippen LogP contribution in [0.3, 0.4) is 0 Å². The normalized spacial score (nSPS) is 11.4. The van der Waals surface area contributed by atoms with Gasteiger partial charge in [-0.25, -0.2) is 0 Å². The third-order valence-electron chi connectivity index (χ3n) is 12.1. The highest BCUT2D eigenvalue weighted by molar-refractivity contribution is 5.58. The lowest BCUT2D eigenvalue weighted by Gasteiger charge is -2.20. The fourth-order valence-corrected chi connectivity index (χ4v) is 8.36. The van der Waals surface area contributed by atoms with Crippen LogP contribution < -0.4 is 0 Å². The number of hydrogen-bond acceptors (Lipinski definition) is 6. The Balaban J connectivity index is 1.32. The molecule has 296 valence electrons. The van der Waals surface area contributed by atoms with Gasteiger partial charge in [0.15, 0.2) is 0 Å². The van der Waals surface area contributed by atoms with Crippen LogP contribution in [0.2, 0.25) is 0 Å². The Morgan fingerprint density at radius 3 is 0.965 bits per heavy atom. The molecule has 6 aromatic rings. The quantitative estimate of drug-likeness (QED) is 0.0826. The van der Waals surface area contributed by atoms with E-state index in [1.54, 1.807) is 12.1 Å². The molecule has 0 aliphatic rings. The maximum atomic E-state index is 11.5. The third kappa shape index (κ3) is 8.32. The summed E-state index contributed by atoms with van der Waals surface area (Å²) in [6, 6.07) is 19.6. The smallest absolute Gasteiger partial charge is 0.122 e. The minimum atomic E-state index is 0.255. The van der Waals surface area contributed by atoms with E-state index in [0.717, 1.165) is 111 Å². The molecule has 6 aromatic carbocycles. The number of benzene rings is 6. The Labute approximate surface area is 337 Å². The fraction of sp³-hybridized carbons (Fsp3) is 0.294. The lowest BCUT2D eigenvalue weighted by Crippen LogP contribution is -2.05. The first-order valence-corrected chi connectivity index (χ1v) is 19.7. The summed E-state index contributed by atoms with van der Waals surface area (Å²) >= 11 is 0. The minimum Gasteiger partial charge on any atom is -0.508 e. The van der Waals surface area contributed by atoms with Gasteiger partial charge in [0.2, 0.25) is 0 Å². The Morgan fingerprint density at radius 1 is 0.281 bits per heavy atom. The van der Waals surface area contributed by atoms with Crippen LogP contribution in [0.5, 0.6) is 34.5 Å². The molecular weight excluding hydrogens is 709 g/mol. The van der Waals surface area contributed by atoms with Crippen molar-refractivity contribution in [3.8, 4) is 34.5 Å². The molecule has 0 saturated carbocycles. The van der Waals surface area contributed by atoms with Crippen molar-refractivity contribution >= 4 is 0 Å². The molecule has 0 fully saturated rings. The fourth-order valence-electron chi connectivity index (χ4n) is 8.36. The summed E-state index contributed by atoms with van der Waals surface area (Å²) in [7, 11) is 0. The van der Waals surface area contributed by atoms with Gasteiger partial charge in [0.1, 0.15) is 34.5 Å². The zero-order chi connectivity index (χ0) is 41.6. The largest absolute Gasteiger partial charge is 0.508 e. The van der Waals surface area contributed by atoms with Gasteiger partial charge in [0.25, 0.3) is 0 Å². The van der Waals surface area contributed by atoms with Crippen LogP contribution in [0.4, 0.5) is 0 Å². The highest BCUT2D eigenvalue weighted by Crippen LogP contribution is 2.38. The van der Waals surface area contributed by atoms with Crippen molar-refractivity contribution in [1.29, 1.82) is 0 Å². The Kier molecular flexibility index (Phi) is 11.4. The van der Waals surface area contributed by atoms with Crippen molar-refractivity contribution in [2.24, 2.45) is 0 Å². The van der Waals surface area contributed by atoms with E-state index >= 15 is 0 Å². The van der Waals surface area contributed by atoms with E-state index in [2.05, 4.69) is 26.0 Å². The van der Waals surface area contributed by atoms with E-state index in [1.165, 1.54) is 0 Å². The van der Waals surface area contributed by atoms with E-state index in [-0.39, 0.29) is 34.5 Å². The standard InChI is InChI=1S/C51H56O6/c1-26-17-46(52)28(3)13-38(26)23-42-19-36(11-30(5)48(42)54)21-44-34(9)40(15-32(7)50(44)56)25-41-16-33(8)51(57)45(35(41)10)22-37-12-31(6)49(55)43(20-37)24-39-14-29(4)47(53)18-27(39)2/h11-20,52-57H,21-25H2,1-10H3.